The van der Waals surface area contributed by atoms with Crippen LogP contribution in [-0.4, -0.2) is 74.9 Å². The monoisotopic (exact) mass is 333 g/mol. The van der Waals surface area contributed by atoms with Crippen LogP contribution in [0.5, 0.6) is 0 Å². The summed E-state index contributed by atoms with van der Waals surface area (Å²) < 4.78 is 37.9. The molecule has 0 saturated carbocycles. The summed E-state index contributed by atoms with van der Waals surface area (Å²) in [5.74, 6) is 0. The molecule has 12 heteroatoms. The molecule has 1 aliphatic rings. The molecule has 118 valence electrons. The Morgan fingerprint density at radius 2 is 1.90 bits per heavy atom. The van der Waals surface area contributed by atoms with Crippen LogP contribution >= 0.6 is 11.8 Å². The first kappa shape index (κ1) is 17.6. The summed E-state index contributed by atoms with van der Waals surface area (Å²) in [7, 11) is -4.74. The lowest BCUT2D eigenvalue weighted by Crippen LogP contribution is -2.57. The molecule has 10 nitrogen and oxygen atoms in total. The predicted molar refractivity (Wildman–Crippen MR) is 67.1 cm³/mol. The molecule has 1 rings (SSSR count). The Balaban J connectivity index is 2.71. The van der Waals surface area contributed by atoms with Gasteiger partial charge in [0, 0.05) is 0 Å². The molecule has 0 aromatic heterocycles. The highest BCUT2D eigenvalue weighted by atomic mass is 32.3. The predicted octanol–water partition coefficient (Wildman–Crippen LogP) is -2.33. The maximum atomic E-state index is 10.3. The van der Waals surface area contributed by atoms with Crippen LogP contribution in [0, 0.1) is 0 Å². The summed E-state index contributed by atoms with van der Waals surface area (Å²) >= 11 is 0.689. The molecular weight excluding hydrogens is 318 g/mol. The maximum Gasteiger partial charge on any atom is 0.466 e. The number of rotatable bonds is 4. The van der Waals surface area contributed by atoms with Crippen molar-refractivity contribution in [2.45, 2.75) is 36.8 Å². The minimum absolute atomic E-state index is 0.0352. The zero-order valence-corrected chi connectivity index (χ0v) is 11.9. The van der Waals surface area contributed by atoms with E-state index in [1.54, 1.807) is 0 Å². The largest absolute Gasteiger partial charge is 0.466 e. The van der Waals surface area contributed by atoms with Gasteiger partial charge in [0.1, 0.15) is 34.9 Å². The number of aliphatic hydroxyl groups is 4. The zero-order chi connectivity index (χ0) is 15.5. The fourth-order valence-electron chi connectivity index (χ4n) is 1.45. The number of nitrogens with zero attached hydrogens (tertiary/aromatic N) is 1. The quantitative estimate of drug-likeness (QED) is 0.163. The second-order valence-corrected chi connectivity index (χ2v) is 6.22. The Labute approximate surface area is 119 Å². The Morgan fingerprint density at radius 3 is 2.40 bits per heavy atom. The smallest absolute Gasteiger partial charge is 0.394 e. The molecule has 5 N–H and O–H groups in total. The Kier molecular flexibility index (Phi) is 6.15. The van der Waals surface area contributed by atoms with Crippen LogP contribution in [0.4, 0.5) is 0 Å². The molecule has 0 aromatic carbocycles. The van der Waals surface area contributed by atoms with E-state index in [0.717, 1.165) is 0 Å². The van der Waals surface area contributed by atoms with Crippen molar-refractivity contribution < 1.29 is 42.4 Å². The second-order valence-electron chi connectivity index (χ2n) is 3.93. The molecule has 0 unspecified atom stereocenters. The second kappa shape index (κ2) is 7.00. The van der Waals surface area contributed by atoms with Gasteiger partial charge >= 0.3 is 10.4 Å². The van der Waals surface area contributed by atoms with E-state index in [1.807, 2.05) is 0 Å². The van der Waals surface area contributed by atoms with Gasteiger partial charge in [-0.25, -0.2) is 4.28 Å². The van der Waals surface area contributed by atoms with Gasteiger partial charge in [-0.15, -0.1) is 0 Å². The summed E-state index contributed by atoms with van der Waals surface area (Å²) in [5, 5.41) is 40.8. The van der Waals surface area contributed by atoms with E-state index in [1.165, 1.54) is 6.92 Å². The van der Waals surface area contributed by atoms with Crippen molar-refractivity contribution in [2.75, 3.05) is 6.61 Å². The molecule has 1 fully saturated rings. The number of thioether (sulfide) groups is 1. The molecule has 1 aliphatic heterocycles. The number of hydrogen-bond acceptors (Lipinski definition) is 10. The highest BCUT2D eigenvalue weighted by Gasteiger charge is 2.43. The van der Waals surface area contributed by atoms with Crippen molar-refractivity contribution in [1.29, 1.82) is 0 Å². The lowest BCUT2D eigenvalue weighted by molar-refractivity contribution is -0.205. The highest BCUT2D eigenvalue weighted by Crippen LogP contribution is 2.29. The first-order valence-electron chi connectivity index (χ1n) is 5.33. The lowest BCUT2D eigenvalue weighted by Gasteiger charge is -2.39. The fraction of sp³-hybridized carbons (Fsp3) is 0.875. The first-order valence-corrected chi connectivity index (χ1v) is 7.58. The minimum atomic E-state index is -4.74. The van der Waals surface area contributed by atoms with Gasteiger partial charge in [-0.3, -0.25) is 4.55 Å². The van der Waals surface area contributed by atoms with E-state index in [9.17, 15) is 23.7 Å². The van der Waals surface area contributed by atoms with Crippen molar-refractivity contribution in [3.63, 3.8) is 0 Å². The SMILES string of the molecule is C/C(=N/OS(=O)(=O)O)S[C@@H]1O[C@@H](CO)[C@@H](O)[C@@H](O)[C@H]1O. The number of oxime groups is 1. The Hall–Kier alpha value is -0.470. The average molecular weight is 333 g/mol. The van der Waals surface area contributed by atoms with Gasteiger partial charge in [-0.2, -0.15) is 8.42 Å². The molecule has 1 heterocycles. The summed E-state index contributed by atoms with van der Waals surface area (Å²) in [5.41, 5.74) is -1.11. The zero-order valence-electron chi connectivity index (χ0n) is 10.2. The molecule has 5 atom stereocenters. The van der Waals surface area contributed by atoms with Crippen LogP contribution in [0.15, 0.2) is 5.16 Å². The summed E-state index contributed by atoms with van der Waals surface area (Å²) in [6.45, 7) is 0.719. The van der Waals surface area contributed by atoms with Gasteiger partial charge in [-0.1, -0.05) is 16.9 Å². The van der Waals surface area contributed by atoms with E-state index in [0.29, 0.717) is 11.8 Å². The molecule has 0 radical (unpaired) electrons. The van der Waals surface area contributed by atoms with Crippen LogP contribution < -0.4 is 0 Å². The van der Waals surface area contributed by atoms with E-state index in [-0.39, 0.29) is 5.04 Å². The highest BCUT2D eigenvalue weighted by molar-refractivity contribution is 8.14. The van der Waals surface area contributed by atoms with Gasteiger partial charge < -0.3 is 25.2 Å². The summed E-state index contributed by atoms with van der Waals surface area (Å²) in [6.07, 6.45) is -5.61. The van der Waals surface area contributed by atoms with E-state index in [2.05, 4.69) is 9.44 Å². The van der Waals surface area contributed by atoms with Crippen molar-refractivity contribution in [2.24, 2.45) is 5.16 Å². The molecule has 1 saturated heterocycles. The van der Waals surface area contributed by atoms with Crippen LogP contribution in [0.25, 0.3) is 0 Å². The van der Waals surface area contributed by atoms with Crippen molar-refractivity contribution >= 4 is 27.2 Å². The fourth-order valence-corrected chi connectivity index (χ4v) is 2.62. The maximum absolute atomic E-state index is 10.3. The van der Waals surface area contributed by atoms with Crippen molar-refractivity contribution in [1.82, 2.24) is 0 Å². The van der Waals surface area contributed by atoms with Crippen LogP contribution in [0.1, 0.15) is 6.92 Å². The van der Waals surface area contributed by atoms with E-state index >= 15 is 0 Å². The topological polar surface area (TPSA) is 166 Å². The third-order valence-corrected chi connectivity index (χ3v) is 3.70. The van der Waals surface area contributed by atoms with E-state index < -0.39 is 46.9 Å². The van der Waals surface area contributed by atoms with Gasteiger partial charge in [0.2, 0.25) is 0 Å². The number of ether oxygens (including phenoxy) is 1. The van der Waals surface area contributed by atoms with Crippen molar-refractivity contribution in [3.05, 3.63) is 0 Å². The van der Waals surface area contributed by atoms with E-state index in [4.69, 9.17) is 14.4 Å². The Bertz CT molecular complexity index is 451. The van der Waals surface area contributed by atoms with Gasteiger partial charge in [0.15, 0.2) is 0 Å². The van der Waals surface area contributed by atoms with Gasteiger partial charge in [0.25, 0.3) is 0 Å². The van der Waals surface area contributed by atoms with Gasteiger partial charge in [0.05, 0.1) is 6.61 Å². The molecule has 0 aromatic rings. The molecule has 0 spiro atoms. The summed E-state index contributed by atoms with van der Waals surface area (Å²) in [6, 6.07) is 0. The lowest BCUT2D eigenvalue weighted by atomic mass is 10.0. The van der Waals surface area contributed by atoms with Crippen LogP contribution in [0.3, 0.4) is 0 Å². The average Bonchev–Trinajstić information content (AvgIpc) is 2.36. The molecule has 0 aliphatic carbocycles. The minimum Gasteiger partial charge on any atom is -0.394 e. The molecule has 20 heavy (non-hydrogen) atoms. The van der Waals surface area contributed by atoms with Crippen LogP contribution in [0.2, 0.25) is 0 Å². The Morgan fingerprint density at radius 1 is 1.30 bits per heavy atom. The number of hydrogen-bond donors (Lipinski definition) is 5. The number of aliphatic hydroxyl groups excluding tert-OH is 4. The van der Waals surface area contributed by atoms with Gasteiger partial charge in [-0.05, 0) is 6.92 Å². The first-order chi connectivity index (χ1) is 9.15. The third kappa shape index (κ3) is 4.82. The normalized spacial score (nSPS) is 35.9. The summed E-state index contributed by atoms with van der Waals surface area (Å²) in [4.78, 5) is 0. The molecule has 0 bridgehead atoms. The molecule has 0 amide bonds. The molecular formula is C8H15NO9S2. The van der Waals surface area contributed by atoms with Crippen molar-refractivity contribution in [3.8, 4) is 0 Å². The standard InChI is InChI=1S/C8H15NO9S2/c1-3(9-18-20(14,15)16)19-8-7(13)6(12)5(11)4(2-10)17-8/h4-8,10-13H,2H2,1H3,(H,14,15,16)/b9-3-/t4-,5+,6+,7+,8-/m0/s1. The van der Waals surface area contributed by atoms with Crippen LogP contribution in [-0.2, 0) is 19.4 Å². The third-order valence-electron chi connectivity index (χ3n) is 2.40.